The summed E-state index contributed by atoms with van der Waals surface area (Å²) in [6, 6.07) is 3.66. The third-order valence-electron chi connectivity index (χ3n) is 27.1. The van der Waals surface area contributed by atoms with Crippen LogP contribution in [0.4, 0.5) is 4.79 Å². The smallest absolute Gasteiger partial charge is 0.662 e. The summed E-state index contributed by atoms with van der Waals surface area (Å²) in [5.41, 5.74) is 5.46. The molecule has 0 aromatic carbocycles. The number of carbonyl (C=O) groups excluding carboxylic acids is 1. The third kappa shape index (κ3) is 62.4. The van der Waals surface area contributed by atoms with Crippen molar-refractivity contribution in [2.45, 2.75) is 525 Å². The number of ether oxygens (including phenoxy) is 1. The molecule has 12 atom stereocenters. The zero-order valence-corrected chi connectivity index (χ0v) is 113. The zero-order chi connectivity index (χ0) is 103. The van der Waals surface area contributed by atoms with Crippen molar-refractivity contribution < 1.29 is 103 Å². The van der Waals surface area contributed by atoms with Crippen LogP contribution in [0.2, 0.25) is 0 Å². The van der Waals surface area contributed by atoms with Gasteiger partial charge < -0.3 is 44.4 Å². The molecule has 12 fully saturated rings. The Kier molecular flexibility index (Phi) is 63.9. The van der Waals surface area contributed by atoms with E-state index in [0.717, 1.165) is 118 Å². The van der Waals surface area contributed by atoms with Gasteiger partial charge in [-0.2, -0.15) is 75.2 Å². The second-order valence-electron chi connectivity index (χ2n) is 59.1. The maximum Gasteiger partial charge on any atom is 2.00 e. The van der Waals surface area contributed by atoms with E-state index in [1.165, 1.54) is 166 Å². The van der Waals surface area contributed by atoms with Crippen LogP contribution in [0.3, 0.4) is 0 Å². The van der Waals surface area contributed by atoms with Crippen molar-refractivity contribution in [3.8, 4) is 0 Å². The Morgan fingerprint density at radius 1 is 0.393 bits per heavy atom. The van der Waals surface area contributed by atoms with Crippen LogP contribution in [0, 0.1) is 197 Å². The van der Waals surface area contributed by atoms with E-state index in [-0.39, 0.29) is 110 Å². The number of nitrogens with zero attached hydrogens (tertiary/aromatic N) is 10. The van der Waals surface area contributed by atoms with Crippen LogP contribution in [0.25, 0.3) is 10.6 Å². The van der Waals surface area contributed by atoms with Gasteiger partial charge in [0.05, 0.1) is 6.61 Å². The second-order valence-corrected chi connectivity index (χ2v) is 59.1. The van der Waals surface area contributed by atoms with Gasteiger partial charge in [-0.1, -0.05) is 219 Å². The molecule has 15 rings (SSSR count). The molecule has 15 aliphatic rings. The molecule has 790 valence electrons. The van der Waals surface area contributed by atoms with E-state index in [9.17, 15) is 4.79 Å². The number of rotatable bonds is 2. The monoisotopic (exact) mass is 2560 g/mol. The molecule has 135 heavy (non-hydrogen) atoms. The normalized spacial score (nSPS) is 27.3. The number of piperidine rings is 1. The predicted molar refractivity (Wildman–Crippen MR) is 590 cm³/mol. The average molecular weight is 2570 g/mol. The molecule has 0 spiro atoms. The Bertz CT molecular complexity index is 3020. The fourth-order valence-electron chi connectivity index (χ4n) is 20.0. The topological polar surface area (TPSA) is 80.4 Å². The molecule has 6 aliphatic carbocycles. The van der Waals surface area contributed by atoms with E-state index in [1.54, 1.807) is 0 Å². The van der Waals surface area contributed by atoms with Gasteiger partial charge in [-0.05, 0) is 284 Å². The molecule has 0 aromatic heterocycles. The van der Waals surface area contributed by atoms with E-state index in [1.807, 2.05) is 4.90 Å². The van der Waals surface area contributed by atoms with Crippen molar-refractivity contribution >= 4 is 6.09 Å². The second kappa shape index (κ2) is 61.4. The maximum absolute atomic E-state index is 12.0. The number of carbonyl (C=O) groups is 1. The minimum atomic E-state index is -0.161. The third-order valence-corrected chi connectivity index (χ3v) is 27.1. The molecule has 12 unspecified atom stereocenters. The van der Waals surface area contributed by atoms with Gasteiger partial charge in [0.2, 0.25) is 0 Å². The van der Waals surface area contributed by atoms with Crippen LogP contribution >= 0.6 is 0 Å². The van der Waals surface area contributed by atoms with E-state index >= 15 is 0 Å². The Morgan fingerprint density at radius 3 is 0.963 bits per heavy atom. The first kappa shape index (κ1) is 140. The van der Waals surface area contributed by atoms with Crippen molar-refractivity contribution in [3.05, 3.63) is 71.3 Å². The maximum atomic E-state index is 12.0. The number of hydrogen-bond acceptors (Lipinski definition) is 9. The Morgan fingerprint density at radius 2 is 0.741 bits per heavy atom. The predicted octanol–water partition coefficient (Wildman–Crippen LogP) is 32.4. The van der Waals surface area contributed by atoms with Crippen molar-refractivity contribution in [1.82, 2.24) is 39.2 Å². The molecule has 15 heteroatoms. The summed E-state index contributed by atoms with van der Waals surface area (Å²) in [4.78, 5) is 32.3. The molecule has 1 amide bonds. The standard InChI is InChI=1S/C15H30N2O2.C15H30N2.C14H25.C13H28N2.2C10H17N.C9H16N.C6H8N.C6H14.2C5H12.3C4H9.3U/c1-14(2,3)12-19-13(18)16-8-7-9-17(11-10-16)15(4,5)6;1-14(2,3)16-10-13-9-7-8-12(16)11-17(13)15(4,5)6;1-14(2,3)10-13-8-11-5-4-6-12(7-11)9-13;1-12(2,3)14-8-7-9-15(11-10-14)13(4,5)6;2*1-10(2,3)11-7-8-4-5-9(11)6-8;1-8(2,3)9-4-7(9)5-10-6-9;1-2-6-3-5(1)4-7-6;1-5-6(2,3)4;2*1-5(2,3)4;3*1-4(2)3;;;/h7-12H2,1-6H3;12-13H,7-11H2,1-6H3;4,11-13H,5-10H2,1-3H3;7-11H2,1-6H3;2*4-5,8-9H,6-7H2,1-3H3;7H,4-6H2,1-3H3;1-2,5-6H,3-4H2;5H2,1-4H3;2*1-4H3;3*1-3H3;;;/q;;-1;;;;2*-1;;;;3*-1;3*+2. The summed E-state index contributed by atoms with van der Waals surface area (Å²) in [5.74, 6) is 10.9. The molecule has 0 radical (unpaired) electrons. The van der Waals surface area contributed by atoms with Crippen LogP contribution in [0.5, 0.6) is 0 Å². The van der Waals surface area contributed by atoms with Crippen molar-refractivity contribution in [2.75, 3.05) is 105 Å². The van der Waals surface area contributed by atoms with Gasteiger partial charge >= 0.3 is 99.4 Å². The van der Waals surface area contributed by atoms with Crippen molar-refractivity contribution in [1.29, 1.82) is 0 Å². The SMILES string of the molecule is C1=CC2CC1C[N-]2.CC(C)(C)C.CC(C)(C)C.CC(C)(C)C12C[N-]CC1C2.CC(C)(C)CC1CC2C[CH-]CC(C2)C1.CC(C)(C)COC(=O)N1CCCN(C(C)(C)C)CC1.CC(C)(C)N1CC2C=CC1C2.CC(C)(C)N1CC2C=CC1C2.CC(C)(C)N1CC2CCCC1CN2C(C)(C)C.CC(C)(C)N1CCCN(C(C)(C)C)CC1.CCC(C)(C)C.C[C-](C)C.C[C-](C)C.C[C-](C)C.[U+2].[U+2].[U+2]. The molecule has 9 aliphatic heterocycles. The van der Waals surface area contributed by atoms with Crippen molar-refractivity contribution in [2.24, 2.45) is 79.3 Å². The first-order valence-corrected chi connectivity index (χ1v) is 54.1. The summed E-state index contributed by atoms with van der Waals surface area (Å²) in [6.45, 7) is 132. The summed E-state index contributed by atoms with van der Waals surface area (Å²) in [6.07, 6.45) is 38.5. The van der Waals surface area contributed by atoms with E-state index in [4.69, 9.17) is 4.74 Å². The first-order chi connectivity index (χ1) is 59.4. The minimum absolute atomic E-state index is 0. The van der Waals surface area contributed by atoms with Crippen molar-refractivity contribution in [3.63, 3.8) is 0 Å². The van der Waals surface area contributed by atoms with Gasteiger partial charge in [-0.15, -0.1) is 31.8 Å². The first-order valence-electron chi connectivity index (χ1n) is 54.1. The van der Waals surface area contributed by atoms with Gasteiger partial charge in [0.1, 0.15) is 0 Å². The minimum Gasteiger partial charge on any atom is -0.662 e. The summed E-state index contributed by atoms with van der Waals surface area (Å²) >= 11 is 0. The van der Waals surface area contributed by atoms with Gasteiger partial charge in [0.25, 0.3) is 0 Å². The number of fused-ring (bicyclic) bond motifs is 13. The molecule has 3 saturated carbocycles. The van der Waals surface area contributed by atoms with E-state index in [0.29, 0.717) is 78.4 Å². The molecule has 0 aromatic rings. The summed E-state index contributed by atoms with van der Waals surface area (Å²) < 4.78 is 5.39. The fraction of sp³-hybridized carbons (Fsp3) is 0.908. The Balaban J connectivity index is -0.00000142. The molecule has 9 heterocycles. The molecular formula is C120H236N10O2U3. The largest absolute Gasteiger partial charge is 2.00 e. The molecule has 0 N–H and O–H groups in total. The molecular weight excluding hydrogens is 2330 g/mol. The Hall–Kier alpha value is 1.29. The Labute approximate surface area is 919 Å². The molecule has 12 nitrogen and oxygen atoms in total. The van der Waals surface area contributed by atoms with E-state index in [2.05, 4.69) is 441 Å². The quantitative estimate of drug-likeness (QED) is 0.198. The fourth-order valence-corrected chi connectivity index (χ4v) is 20.0. The van der Waals surface area contributed by atoms with Crippen LogP contribution < -0.4 is 0 Å². The number of hydrogen-bond donors (Lipinski definition) is 0. The average Bonchev–Trinajstić information content (AvgIpc) is 1.55. The van der Waals surface area contributed by atoms with Gasteiger partial charge in [-0.25, -0.2) is 4.79 Å². The zero-order valence-electron chi connectivity index (χ0n) is 100. The van der Waals surface area contributed by atoms with Gasteiger partial charge in [0, 0.05) is 128 Å². The van der Waals surface area contributed by atoms with Crippen LogP contribution in [0.1, 0.15) is 456 Å². The molecule has 9 saturated heterocycles. The van der Waals surface area contributed by atoms with Crippen LogP contribution in [-0.2, 0) is 4.74 Å². The molecule has 10 bridgehead atoms. The summed E-state index contributed by atoms with van der Waals surface area (Å²) in [5, 5.41) is 8.77. The van der Waals surface area contributed by atoms with Crippen LogP contribution in [0.15, 0.2) is 36.5 Å². The summed E-state index contributed by atoms with van der Waals surface area (Å²) in [7, 11) is 0. The van der Waals surface area contributed by atoms with Gasteiger partial charge in [0.15, 0.2) is 0 Å². The van der Waals surface area contributed by atoms with Gasteiger partial charge in [-0.3, -0.25) is 34.3 Å². The van der Waals surface area contributed by atoms with E-state index < -0.39 is 0 Å². The number of amides is 1. The number of likely N-dealkylation sites (tertiary alicyclic amines) is 2. The number of piperazine rings is 1. The van der Waals surface area contributed by atoms with Crippen LogP contribution in [-0.4, -0.2) is 219 Å².